The Morgan fingerprint density at radius 2 is 1.63 bits per heavy atom. The first-order chi connectivity index (χ1) is 14.4. The molecule has 10 nitrogen and oxygen atoms in total. The fraction of sp³-hybridized carbons (Fsp3) is 0.350. The molecule has 30 heavy (non-hydrogen) atoms. The van der Waals surface area contributed by atoms with Gasteiger partial charge in [0.05, 0.1) is 40.2 Å². The van der Waals surface area contributed by atoms with Crippen LogP contribution < -0.4 is 19.9 Å². The van der Waals surface area contributed by atoms with Crippen molar-refractivity contribution in [2.75, 3.05) is 28.4 Å². The molecule has 152 valence electrons. The molecule has 0 bridgehead atoms. The number of benzene rings is 1. The molecule has 3 rings (SSSR count). The summed E-state index contributed by atoms with van der Waals surface area (Å²) in [6, 6.07) is 8.69. The van der Waals surface area contributed by atoms with Crippen LogP contribution >= 0.6 is 0 Å². The number of rotatable bonds is 5. The smallest absolute Gasteiger partial charge is 0.322 e. The molecule has 0 spiro atoms. The van der Waals surface area contributed by atoms with Gasteiger partial charge in [-0.15, -0.1) is 0 Å². The standard InChI is InChI=1S/C20H17N5O5/c1-27-12-5-10(6-13(28-2)14(12)29-3)15-19(9-23)16(11(7-21)8-22)25-17(24)20(15,19)18(26)30-4/h5-6,15H,1-4H3,(H2,24,25)/t15-,19+,20-/m1/s1. The maximum absolute atomic E-state index is 12.9. The van der Waals surface area contributed by atoms with Crippen LogP contribution in [0.3, 0.4) is 0 Å². The number of carbonyl (C=O) groups excluding carboxylic acids is 1. The van der Waals surface area contributed by atoms with Gasteiger partial charge < -0.3 is 24.7 Å². The molecule has 1 heterocycles. The Kier molecular flexibility index (Phi) is 4.77. The van der Waals surface area contributed by atoms with Crippen LogP contribution in [-0.4, -0.2) is 40.2 Å². The molecule has 0 amide bonds. The van der Waals surface area contributed by atoms with Crippen molar-refractivity contribution in [2.24, 2.45) is 21.6 Å². The van der Waals surface area contributed by atoms with Gasteiger partial charge in [0.1, 0.15) is 23.4 Å². The van der Waals surface area contributed by atoms with E-state index in [-0.39, 0.29) is 11.5 Å². The average molecular weight is 407 g/mol. The van der Waals surface area contributed by atoms with Crippen molar-refractivity contribution >= 4 is 11.8 Å². The van der Waals surface area contributed by atoms with Crippen LogP contribution in [0.25, 0.3) is 0 Å². The van der Waals surface area contributed by atoms with Crippen LogP contribution in [-0.2, 0) is 9.53 Å². The van der Waals surface area contributed by atoms with Gasteiger partial charge >= 0.3 is 5.97 Å². The molecule has 0 aromatic heterocycles. The topological polar surface area (TPSA) is 164 Å². The molecular weight excluding hydrogens is 390 g/mol. The Morgan fingerprint density at radius 3 is 2.03 bits per heavy atom. The second-order valence-electron chi connectivity index (χ2n) is 6.56. The van der Waals surface area contributed by atoms with E-state index in [2.05, 4.69) is 11.1 Å². The zero-order valence-corrected chi connectivity index (χ0v) is 16.6. The zero-order chi connectivity index (χ0) is 22.3. The Morgan fingerprint density at radius 1 is 1.07 bits per heavy atom. The quantitative estimate of drug-likeness (QED) is 0.557. The summed E-state index contributed by atoms with van der Waals surface area (Å²) >= 11 is 0. The minimum Gasteiger partial charge on any atom is -0.493 e. The minimum atomic E-state index is -1.69. The lowest BCUT2D eigenvalue weighted by atomic mass is 9.91. The van der Waals surface area contributed by atoms with E-state index in [9.17, 15) is 20.6 Å². The van der Waals surface area contributed by atoms with E-state index < -0.39 is 28.3 Å². The van der Waals surface area contributed by atoms with Gasteiger partial charge in [0, 0.05) is 5.92 Å². The number of hydrogen-bond donors (Lipinski definition) is 1. The van der Waals surface area contributed by atoms with Gasteiger partial charge in [-0.1, -0.05) is 0 Å². The number of aliphatic imine (C=N–C) groups is 1. The summed E-state index contributed by atoms with van der Waals surface area (Å²) in [4.78, 5) is 17.0. The number of esters is 1. The number of nitriles is 3. The van der Waals surface area contributed by atoms with Crippen molar-refractivity contribution in [1.29, 1.82) is 15.8 Å². The van der Waals surface area contributed by atoms with Crippen molar-refractivity contribution in [3.63, 3.8) is 0 Å². The van der Waals surface area contributed by atoms with Crippen LogP contribution in [0.5, 0.6) is 17.2 Å². The molecule has 1 aliphatic carbocycles. The lowest BCUT2D eigenvalue weighted by molar-refractivity contribution is -0.145. The second kappa shape index (κ2) is 6.98. The molecular formula is C20H17N5O5. The monoisotopic (exact) mass is 407 g/mol. The number of carbonyl (C=O) groups is 1. The molecule has 1 fully saturated rings. The first-order valence-electron chi connectivity index (χ1n) is 8.58. The van der Waals surface area contributed by atoms with Gasteiger partial charge in [0.25, 0.3) is 0 Å². The van der Waals surface area contributed by atoms with E-state index >= 15 is 0 Å². The van der Waals surface area contributed by atoms with Crippen molar-refractivity contribution in [1.82, 2.24) is 0 Å². The van der Waals surface area contributed by atoms with Crippen molar-refractivity contribution in [3.8, 4) is 35.5 Å². The fourth-order valence-electron chi connectivity index (χ4n) is 4.35. The number of nitrogens with two attached hydrogens (primary N) is 1. The molecule has 2 N–H and O–H groups in total. The van der Waals surface area contributed by atoms with E-state index in [1.54, 1.807) is 24.3 Å². The van der Waals surface area contributed by atoms with Gasteiger partial charge in [-0.2, -0.15) is 15.8 Å². The summed E-state index contributed by atoms with van der Waals surface area (Å²) < 4.78 is 21.0. The average Bonchev–Trinajstić information content (AvgIpc) is 3.33. The normalized spacial score (nSPS) is 25.6. The van der Waals surface area contributed by atoms with Gasteiger partial charge in [-0.05, 0) is 17.7 Å². The lowest BCUT2D eigenvalue weighted by Crippen LogP contribution is -2.35. The van der Waals surface area contributed by atoms with Crippen molar-refractivity contribution in [2.45, 2.75) is 5.92 Å². The third-order valence-corrected chi connectivity index (χ3v) is 5.58. The fourth-order valence-corrected chi connectivity index (χ4v) is 4.35. The first-order valence-corrected chi connectivity index (χ1v) is 8.58. The molecule has 10 heteroatoms. The van der Waals surface area contributed by atoms with Crippen molar-refractivity contribution < 1.29 is 23.7 Å². The highest BCUT2D eigenvalue weighted by Gasteiger charge is 2.89. The molecule has 1 aliphatic heterocycles. The van der Waals surface area contributed by atoms with E-state index in [0.717, 1.165) is 7.11 Å². The molecule has 1 aromatic rings. The SMILES string of the molecule is COC(=O)[C@@]12C(N)=NC(=C(C#N)C#N)[C@]1(C#N)[C@H]2c1cc(OC)c(OC)c(OC)c1. The van der Waals surface area contributed by atoms with Gasteiger partial charge in [0.2, 0.25) is 5.75 Å². The third-order valence-electron chi connectivity index (χ3n) is 5.58. The van der Waals surface area contributed by atoms with Gasteiger partial charge in [0.15, 0.2) is 22.5 Å². The highest BCUT2D eigenvalue weighted by molar-refractivity contribution is 6.16. The number of nitrogens with zero attached hydrogens (tertiary/aromatic N) is 4. The Labute approximate surface area is 172 Å². The maximum atomic E-state index is 12.9. The van der Waals surface area contributed by atoms with Crippen LogP contribution in [0.15, 0.2) is 28.4 Å². The first kappa shape index (κ1) is 20.5. The molecule has 3 atom stereocenters. The number of allylic oxidation sites excluding steroid dienone is 2. The highest BCUT2D eigenvalue weighted by atomic mass is 16.5. The third kappa shape index (κ3) is 2.15. The predicted molar refractivity (Wildman–Crippen MR) is 101 cm³/mol. The molecule has 1 saturated carbocycles. The number of hydrogen-bond acceptors (Lipinski definition) is 10. The van der Waals surface area contributed by atoms with E-state index in [4.69, 9.17) is 24.7 Å². The van der Waals surface area contributed by atoms with Crippen LogP contribution in [0, 0.1) is 44.8 Å². The molecule has 1 aromatic carbocycles. The van der Waals surface area contributed by atoms with E-state index in [1.165, 1.54) is 21.3 Å². The Balaban J connectivity index is 2.37. The molecule has 2 aliphatic rings. The van der Waals surface area contributed by atoms with Gasteiger partial charge in [-0.3, -0.25) is 4.79 Å². The van der Waals surface area contributed by atoms with Crippen LogP contribution in [0.1, 0.15) is 11.5 Å². The van der Waals surface area contributed by atoms with Crippen molar-refractivity contribution in [3.05, 3.63) is 29.0 Å². The summed E-state index contributed by atoms with van der Waals surface area (Å²) in [6.07, 6.45) is 0. The zero-order valence-electron chi connectivity index (χ0n) is 16.6. The summed E-state index contributed by atoms with van der Waals surface area (Å²) in [5.41, 5.74) is 2.63. The summed E-state index contributed by atoms with van der Waals surface area (Å²) in [7, 11) is 5.45. The number of methoxy groups -OCH3 is 4. The van der Waals surface area contributed by atoms with Gasteiger partial charge in [-0.25, -0.2) is 4.99 Å². The maximum Gasteiger partial charge on any atom is 0.322 e. The molecule has 0 unspecified atom stereocenters. The molecule has 0 saturated heterocycles. The Hall–Kier alpha value is -4.23. The van der Waals surface area contributed by atoms with E-state index in [1.807, 2.05) is 0 Å². The van der Waals surface area contributed by atoms with E-state index in [0.29, 0.717) is 22.8 Å². The summed E-state index contributed by atoms with van der Waals surface area (Å²) in [5, 5.41) is 28.9. The lowest BCUT2D eigenvalue weighted by Gasteiger charge is -2.16. The summed E-state index contributed by atoms with van der Waals surface area (Å²) in [6.45, 7) is 0. The minimum absolute atomic E-state index is 0.156. The predicted octanol–water partition coefficient (Wildman–Crippen LogP) is 1.15. The largest absolute Gasteiger partial charge is 0.493 e. The van der Waals surface area contributed by atoms with Crippen LogP contribution in [0.2, 0.25) is 0 Å². The second-order valence-corrected chi connectivity index (χ2v) is 6.56. The number of ether oxygens (including phenoxy) is 4. The Bertz CT molecular complexity index is 1090. The number of amidine groups is 1. The number of fused-ring (bicyclic) bond motifs is 1. The summed E-state index contributed by atoms with van der Waals surface area (Å²) in [5.74, 6) is -0.972. The molecule has 0 radical (unpaired) electrons. The highest BCUT2D eigenvalue weighted by Crippen LogP contribution is 2.81. The van der Waals surface area contributed by atoms with Crippen LogP contribution in [0.4, 0.5) is 0 Å².